The Morgan fingerprint density at radius 2 is 1.91 bits per heavy atom. The number of furan rings is 1. The largest absolute Gasteiger partial charge is 0.504 e. The van der Waals surface area contributed by atoms with Crippen molar-refractivity contribution >= 4 is 34.7 Å². The van der Waals surface area contributed by atoms with Gasteiger partial charge in [0.15, 0.2) is 28.5 Å². The molecule has 0 saturated carbocycles. The molecule has 4 aromatic rings. The number of nitrogens with zero attached hydrogens (tertiary/aromatic N) is 2. The lowest BCUT2D eigenvalue weighted by Crippen LogP contribution is -2.67. The third-order valence-corrected chi connectivity index (χ3v) is 15.2. The van der Waals surface area contributed by atoms with Gasteiger partial charge >= 0.3 is 11.9 Å². The van der Waals surface area contributed by atoms with Crippen LogP contribution < -0.4 is 30.0 Å². The number of aryl methyl sites for hydroxylation is 1. The van der Waals surface area contributed by atoms with Crippen LogP contribution in [0, 0.1) is 13.8 Å². The fraction of sp³-hybridized carbons (Fsp3) is 0.476. The number of carbonyl (C=O) groups excluding carboxylic acids is 2. The topological polar surface area (TPSA) is 178 Å². The molecule has 3 fully saturated rings. The molecule has 3 aromatic carbocycles. The summed E-state index contributed by atoms with van der Waals surface area (Å²) in [6, 6.07) is 7.76. The normalized spacial score (nSPS) is 33.2. The van der Waals surface area contributed by atoms with E-state index in [1.165, 1.54) is 18.7 Å². The Labute approximate surface area is 332 Å². The number of esters is 2. The van der Waals surface area contributed by atoms with Gasteiger partial charge in [-0.1, -0.05) is 18.2 Å². The molecule has 57 heavy (non-hydrogen) atoms. The van der Waals surface area contributed by atoms with Gasteiger partial charge in [0.05, 0.1) is 24.4 Å². The van der Waals surface area contributed by atoms with E-state index in [0.717, 1.165) is 27.6 Å². The van der Waals surface area contributed by atoms with Gasteiger partial charge in [-0.2, -0.15) is 0 Å². The summed E-state index contributed by atoms with van der Waals surface area (Å²) in [7, 11) is 1.55. The number of fused-ring (bicyclic) bond motifs is 11. The van der Waals surface area contributed by atoms with Crippen LogP contribution in [0.2, 0.25) is 0 Å². The van der Waals surface area contributed by atoms with Crippen LogP contribution in [-0.2, 0) is 31.8 Å². The Morgan fingerprint density at radius 3 is 2.68 bits per heavy atom. The van der Waals surface area contributed by atoms with Crippen molar-refractivity contribution in [3.8, 4) is 28.7 Å². The maximum absolute atomic E-state index is 15.0. The van der Waals surface area contributed by atoms with Crippen LogP contribution in [0.25, 0.3) is 11.0 Å². The number of para-hydroxylation sites is 1. The number of hydrogen-bond donors (Lipinski definition) is 4. The number of nitrogens with two attached hydrogens (primary N) is 1. The number of benzene rings is 3. The summed E-state index contributed by atoms with van der Waals surface area (Å²) in [4.78, 5) is 32.5. The Bertz CT molecular complexity index is 2470. The zero-order valence-electron chi connectivity index (χ0n) is 32.3. The predicted octanol–water partition coefficient (Wildman–Crippen LogP) is 4.22. The first kappa shape index (κ1) is 35.6. The average Bonchev–Trinajstić information content (AvgIpc) is 3.93. The molecule has 14 nitrogen and oxygen atoms in total. The molecule has 3 saturated heterocycles. The molecule has 15 heteroatoms. The maximum atomic E-state index is 15.0. The van der Waals surface area contributed by atoms with Gasteiger partial charge in [0.25, 0.3) is 0 Å². The molecule has 1 aromatic heterocycles. The number of thioether (sulfide) groups is 1. The summed E-state index contributed by atoms with van der Waals surface area (Å²) in [6.07, 6.45) is 0.879. The lowest BCUT2D eigenvalue weighted by Gasteiger charge is -2.59. The van der Waals surface area contributed by atoms with Gasteiger partial charge in [-0.15, -0.1) is 11.8 Å². The first-order valence-electron chi connectivity index (χ1n) is 19.5. The quantitative estimate of drug-likeness (QED) is 0.171. The molecule has 5 N–H and O–H groups in total. The number of nitrogens with one attached hydrogen (secondary N) is 1. The molecule has 4 bridgehead atoms. The molecule has 1 spiro atoms. The van der Waals surface area contributed by atoms with E-state index >= 15 is 4.79 Å². The number of rotatable bonds is 3. The standard InChI is InChI=1S/C42H44N4O10S/c1-18-10-24-27(32(48)33(18)51-5)30-31-37-29-28(36-35(53-17-54-36)19(2)34(29)55-20(3)47)25(46(31)41(50)14-40(24,4)45(30)15-41)13-52-39(49)42(16-57-37)38-23(11-21(12-43)44-42)22-8-6-7-9-26(22)56-38/h6-10,21,25,30-31,37,44,48,50H,11-17,43H2,1-5H3/t21-,25+,30-,31?,37-,40?,41+,42-/m1/s1. The van der Waals surface area contributed by atoms with Gasteiger partial charge in [-0.25, -0.2) is 4.79 Å². The molecule has 0 amide bonds. The van der Waals surface area contributed by atoms with Crippen LogP contribution in [0.4, 0.5) is 0 Å². The number of phenols is 1. The molecule has 8 aliphatic rings. The van der Waals surface area contributed by atoms with Gasteiger partial charge in [-0.3, -0.25) is 19.9 Å². The molecular weight excluding hydrogens is 753 g/mol. The van der Waals surface area contributed by atoms with Crippen LogP contribution in [0.15, 0.2) is 34.7 Å². The molecule has 0 radical (unpaired) electrons. The van der Waals surface area contributed by atoms with Crippen molar-refractivity contribution in [2.75, 3.05) is 39.4 Å². The predicted molar refractivity (Wildman–Crippen MR) is 206 cm³/mol. The van der Waals surface area contributed by atoms with E-state index in [4.69, 9.17) is 33.8 Å². The molecule has 8 atom stereocenters. The van der Waals surface area contributed by atoms with E-state index in [2.05, 4.69) is 28.1 Å². The summed E-state index contributed by atoms with van der Waals surface area (Å²) in [5, 5.41) is 29.3. The Kier molecular flexibility index (Phi) is 7.37. The van der Waals surface area contributed by atoms with Crippen LogP contribution in [0.1, 0.15) is 82.3 Å². The van der Waals surface area contributed by atoms with Crippen molar-refractivity contribution in [3.05, 3.63) is 75.0 Å². The van der Waals surface area contributed by atoms with Crippen molar-refractivity contribution in [2.24, 2.45) is 5.73 Å². The van der Waals surface area contributed by atoms with Crippen LogP contribution in [0.3, 0.4) is 0 Å². The number of aromatic hydroxyl groups is 1. The van der Waals surface area contributed by atoms with Gasteiger partial charge in [-0.05, 0) is 50.5 Å². The highest BCUT2D eigenvalue weighted by Crippen LogP contribution is 2.71. The number of hydrogen-bond acceptors (Lipinski definition) is 15. The zero-order valence-corrected chi connectivity index (χ0v) is 33.1. The van der Waals surface area contributed by atoms with Gasteiger partial charge in [0.2, 0.25) is 6.79 Å². The fourth-order valence-corrected chi connectivity index (χ4v) is 13.3. The third kappa shape index (κ3) is 4.39. The van der Waals surface area contributed by atoms with Crippen LogP contribution in [-0.4, -0.2) is 89.1 Å². The highest BCUT2D eigenvalue weighted by atomic mass is 32.2. The molecule has 9 heterocycles. The summed E-state index contributed by atoms with van der Waals surface area (Å²) in [5.74, 6) is 1.30. The van der Waals surface area contributed by atoms with Gasteiger partial charge < -0.3 is 44.0 Å². The second-order valence-electron chi connectivity index (χ2n) is 16.8. The van der Waals surface area contributed by atoms with Crippen molar-refractivity contribution in [1.82, 2.24) is 15.1 Å². The van der Waals surface area contributed by atoms with Crippen molar-refractivity contribution in [2.45, 2.75) is 86.8 Å². The van der Waals surface area contributed by atoms with E-state index in [1.54, 1.807) is 7.11 Å². The highest BCUT2D eigenvalue weighted by molar-refractivity contribution is 7.99. The average molecular weight is 797 g/mol. The first-order chi connectivity index (χ1) is 27.3. The second kappa shape index (κ2) is 11.8. The number of aliphatic hydroxyl groups is 1. The molecule has 8 aliphatic heterocycles. The highest BCUT2D eigenvalue weighted by Gasteiger charge is 2.72. The SMILES string of the molecule is COc1c(C)cc2c(c1O)[C@@H]1C3[C@@H]4SC[C@]5(N[C@@H](CN)Cc6c5oc5ccccc65)C(=O)OC[C@@H](c5c6c(c(C)c(OC(C)=O)c54)OCO6)N3[C@@]3(O)CN1C2(C)C3. The minimum absolute atomic E-state index is 0.0542. The molecule has 298 valence electrons. The maximum Gasteiger partial charge on any atom is 0.335 e. The van der Waals surface area contributed by atoms with Gasteiger partial charge in [0, 0.05) is 83.0 Å². The molecule has 12 rings (SSSR count). The lowest BCUT2D eigenvalue weighted by atomic mass is 9.75. The molecule has 0 aliphatic carbocycles. The van der Waals surface area contributed by atoms with E-state index in [0.29, 0.717) is 63.9 Å². The molecular formula is C42H44N4O10S. The van der Waals surface area contributed by atoms with Crippen LogP contribution in [0.5, 0.6) is 28.7 Å². The Hall–Kier alpha value is -4.51. The minimum atomic E-state index is -1.45. The second-order valence-corrected chi connectivity index (χ2v) is 17.9. The first-order valence-corrected chi connectivity index (χ1v) is 20.5. The Morgan fingerprint density at radius 1 is 1.12 bits per heavy atom. The lowest BCUT2D eigenvalue weighted by molar-refractivity contribution is -0.196. The number of piperazine rings is 1. The smallest absolute Gasteiger partial charge is 0.335 e. The van der Waals surface area contributed by atoms with Crippen molar-refractivity contribution in [3.63, 3.8) is 0 Å². The van der Waals surface area contributed by atoms with Gasteiger partial charge in [0.1, 0.15) is 29.4 Å². The van der Waals surface area contributed by atoms with Crippen molar-refractivity contribution < 1.29 is 47.9 Å². The van der Waals surface area contributed by atoms with Crippen LogP contribution >= 0.6 is 11.8 Å². The van der Waals surface area contributed by atoms with E-state index in [1.807, 2.05) is 38.1 Å². The number of carbonyl (C=O) groups is 2. The summed E-state index contributed by atoms with van der Waals surface area (Å²) >= 11 is 1.49. The zero-order chi connectivity index (χ0) is 39.5. The van der Waals surface area contributed by atoms with E-state index in [9.17, 15) is 15.0 Å². The van der Waals surface area contributed by atoms with E-state index < -0.39 is 52.1 Å². The summed E-state index contributed by atoms with van der Waals surface area (Å²) < 4.78 is 37.5. The van der Waals surface area contributed by atoms with Crippen molar-refractivity contribution in [1.29, 1.82) is 0 Å². The number of ether oxygens (including phenoxy) is 5. The monoisotopic (exact) mass is 796 g/mol. The summed E-state index contributed by atoms with van der Waals surface area (Å²) in [5.41, 5.74) is 8.85. The third-order valence-electron chi connectivity index (χ3n) is 13.8. The van der Waals surface area contributed by atoms with E-state index in [-0.39, 0.29) is 44.0 Å². The number of phenolic OH excluding ortho intramolecular Hbond substituents is 1. The minimum Gasteiger partial charge on any atom is -0.504 e. The Balaban J connectivity index is 1.19. The number of methoxy groups -OCH3 is 1. The summed E-state index contributed by atoms with van der Waals surface area (Å²) in [6.45, 7) is 7.55. The molecule has 2 unspecified atom stereocenters. The fourth-order valence-electron chi connectivity index (χ4n) is 11.7.